The number of nitrogens with one attached hydrogen (secondary N) is 1. The van der Waals surface area contributed by atoms with Gasteiger partial charge in [-0.05, 0) is 20.3 Å². The highest BCUT2D eigenvalue weighted by Crippen LogP contribution is 2.19. The fraction of sp³-hybridized carbons (Fsp3) is 0.700. The van der Waals surface area contributed by atoms with Gasteiger partial charge in [-0.3, -0.25) is 0 Å². The van der Waals surface area contributed by atoms with Crippen molar-refractivity contribution in [1.29, 1.82) is 0 Å². The molecule has 14 heavy (non-hydrogen) atoms. The first kappa shape index (κ1) is 10.1. The molecule has 1 aromatic heterocycles. The van der Waals surface area contributed by atoms with Crippen LogP contribution in [0.1, 0.15) is 30.1 Å². The number of ether oxygens (including phenoxy) is 1. The van der Waals surface area contributed by atoms with Crippen LogP contribution in [-0.2, 0) is 4.74 Å². The summed E-state index contributed by atoms with van der Waals surface area (Å²) in [4.78, 5) is 4.47. The van der Waals surface area contributed by atoms with E-state index in [1.807, 2.05) is 6.92 Å². The number of aromatic nitrogens is 1. The maximum absolute atomic E-state index is 5.32. The quantitative estimate of drug-likeness (QED) is 0.831. The molecule has 0 spiro atoms. The van der Waals surface area contributed by atoms with Gasteiger partial charge in [0.15, 0.2) is 0 Å². The van der Waals surface area contributed by atoms with Gasteiger partial charge < -0.3 is 10.1 Å². The highest BCUT2D eigenvalue weighted by atomic mass is 32.1. The molecule has 2 atom stereocenters. The molecular weight excluding hydrogens is 196 g/mol. The third kappa shape index (κ3) is 2.32. The summed E-state index contributed by atoms with van der Waals surface area (Å²) in [5.41, 5.74) is 1.11. The van der Waals surface area contributed by atoms with Gasteiger partial charge in [-0.25, -0.2) is 4.98 Å². The van der Waals surface area contributed by atoms with Crippen LogP contribution in [0.2, 0.25) is 0 Å². The van der Waals surface area contributed by atoms with Crippen LogP contribution in [0.25, 0.3) is 0 Å². The topological polar surface area (TPSA) is 34.1 Å². The number of aryl methyl sites for hydroxylation is 1. The molecule has 1 fully saturated rings. The molecule has 0 aromatic carbocycles. The van der Waals surface area contributed by atoms with Crippen molar-refractivity contribution in [3.8, 4) is 0 Å². The number of hydrogen-bond acceptors (Lipinski definition) is 4. The summed E-state index contributed by atoms with van der Waals surface area (Å²) in [7, 11) is 0. The van der Waals surface area contributed by atoms with E-state index in [1.54, 1.807) is 11.3 Å². The van der Waals surface area contributed by atoms with Gasteiger partial charge in [0.1, 0.15) is 5.01 Å². The molecule has 0 radical (unpaired) electrons. The molecule has 3 nitrogen and oxygen atoms in total. The van der Waals surface area contributed by atoms with Crippen molar-refractivity contribution >= 4 is 11.3 Å². The summed E-state index contributed by atoms with van der Waals surface area (Å²) in [6, 6.07) is 0.856. The summed E-state index contributed by atoms with van der Waals surface area (Å²) < 4.78 is 5.32. The average molecular weight is 212 g/mol. The second-order valence-electron chi connectivity index (χ2n) is 3.78. The maximum atomic E-state index is 5.32. The fourth-order valence-electron chi connectivity index (χ4n) is 1.66. The Kier molecular flexibility index (Phi) is 3.15. The minimum atomic E-state index is 0.348. The van der Waals surface area contributed by atoms with Crippen LogP contribution >= 0.6 is 11.3 Å². The normalized spacial score (nSPS) is 24.0. The Bertz CT molecular complexity index is 294. The van der Waals surface area contributed by atoms with Crippen LogP contribution in [0.3, 0.4) is 0 Å². The standard InChI is InChI=1S/C10H16N2OS/c1-7-6-14-10(11-7)8(2)12-9-3-4-13-5-9/h6,8-9,12H,3-5H2,1-2H3. The molecule has 1 aromatic rings. The highest BCUT2D eigenvalue weighted by molar-refractivity contribution is 7.09. The number of nitrogens with zero attached hydrogens (tertiary/aromatic N) is 1. The lowest BCUT2D eigenvalue weighted by molar-refractivity contribution is 0.188. The van der Waals surface area contributed by atoms with Crippen molar-refractivity contribution in [2.75, 3.05) is 13.2 Å². The van der Waals surface area contributed by atoms with E-state index in [1.165, 1.54) is 5.01 Å². The molecule has 1 aliphatic rings. The summed E-state index contributed by atoms with van der Waals surface area (Å²) in [6.07, 6.45) is 1.12. The van der Waals surface area contributed by atoms with Gasteiger partial charge in [-0.2, -0.15) is 0 Å². The second-order valence-corrected chi connectivity index (χ2v) is 4.67. The van der Waals surface area contributed by atoms with E-state index < -0.39 is 0 Å². The molecule has 2 unspecified atom stereocenters. The van der Waals surface area contributed by atoms with E-state index in [9.17, 15) is 0 Å². The molecule has 78 valence electrons. The van der Waals surface area contributed by atoms with Crippen molar-refractivity contribution < 1.29 is 4.74 Å². The predicted molar refractivity (Wildman–Crippen MR) is 57.6 cm³/mol. The first-order valence-electron chi connectivity index (χ1n) is 5.01. The summed E-state index contributed by atoms with van der Waals surface area (Å²) >= 11 is 1.73. The van der Waals surface area contributed by atoms with Gasteiger partial charge in [0.2, 0.25) is 0 Å². The van der Waals surface area contributed by atoms with Crippen molar-refractivity contribution in [2.24, 2.45) is 0 Å². The Labute approximate surface area is 88.5 Å². The third-order valence-electron chi connectivity index (χ3n) is 2.42. The Morgan fingerprint density at radius 1 is 1.71 bits per heavy atom. The van der Waals surface area contributed by atoms with E-state index in [0.29, 0.717) is 12.1 Å². The van der Waals surface area contributed by atoms with Gasteiger partial charge in [0.05, 0.1) is 12.6 Å². The van der Waals surface area contributed by atoms with Gasteiger partial charge >= 0.3 is 0 Å². The summed E-state index contributed by atoms with van der Waals surface area (Å²) in [5.74, 6) is 0. The van der Waals surface area contributed by atoms with E-state index in [-0.39, 0.29) is 0 Å². The van der Waals surface area contributed by atoms with Crippen molar-refractivity contribution in [3.05, 3.63) is 16.1 Å². The maximum Gasteiger partial charge on any atom is 0.110 e. The highest BCUT2D eigenvalue weighted by Gasteiger charge is 2.19. The Morgan fingerprint density at radius 2 is 2.57 bits per heavy atom. The Balaban J connectivity index is 1.91. The molecule has 4 heteroatoms. The summed E-state index contributed by atoms with van der Waals surface area (Å²) in [5, 5.41) is 6.80. The molecule has 0 amide bonds. The van der Waals surface area contributed by atoms with Crippen LogP contribution in [0.5, 0.6) is 0 Å². The van der Waals surface area contributed by atoms with Gasteiger partial charge in [0, 0.05) is 23.7 Å². The zero-order valence-corrected chi connectivity index (χ0v) is 9.43. The number of hydrogen-bond donors (Lipinski definition) is 1. The number of rotatable bonds is 3. The van der Waals surface area contributed by atoms with Gasteiger partial charge in [0.25, 0.3) is 0 Å². The minimum Gasteiger partial charge on any atom is -0.380 e. The largest absolute Gasteiger partial charge is 0.380 e. The smallest absolute Gasteiger partial charge is 0.110 e. The molecule has 2 rings (SSSR count). The van der Waals surface area contributed by atoms with Crippen molar-refractivity contribution in [3.63, 3.8) is 0 Å². The van der Waals surface area contributed by atoms with E-state index in [0.717, 1.165) is 25.3 Å². The third-order valence-corrected chi connectivity index (χ3v) is 3.57. The lowest BCUT2D eigenvalue weighted by Gasteiger charge is -2.15. The van der Waals surface area contributed by atoms with Crippen LogP contribution in [0.4, 0.5) is 0 Å². The Morgan fingerprint density at radius 3 is 3.14 bits per heavy atom. The molecule has 1 N–H and O–H groups in total. The van der Waals surface area contributed by atoms with Gasteiger partial charge in [-0.1, -0.05) is 0 Å². The number of thiazole rings is 1. The van der Waals surface area contributed by atoms with Gasteiger partial charge in [-0.15, -0.1) is 11.3 Å². The lowest BCUT2D eigenvalue weighted by Crippen LogP contribution is -2.31. The van der Waals surface area contributed by atoms with Crippen LogP contribution < -0.4 is 5.32 Å². The zero-order chi connectivity index (χ0) is 9.97. The van der Waals surface area contributed by atoms with Crippen molar-refractivity contribution in [1.82, 2.24) is 10.3 Å². The minimum absolute atomic E-state index is 0.348. The first-order valence-corrected chi connectivity index (χ1v) is 5.89. The van der Waals surface area contributed by atoms with Crippen molar-refractivity contribution in [2.45, 2.75) is 32.4 Å². The summed E-state index contributed by atoms with van der Waals surface area (Å²) in [6.45, 7) is 5.93. The molecule has 2 heterocycles. The molecule has 1 aliphatic heterocycles. The molecule has 0 aliphatic carbocycles. The zero-order valence-electron chi connectivity index (χ0n) is 8.62. The fourth-order valence-corrected chi connectivity index (χ4v) is 2.47. The van der Waals surface area contributed by atoms with Crippen LogP contribution in [-0.4, -0.2) is 24.2 Å². The average Bonchev–Trinajstić information content (AvgIpc) is 2.75. The van der Waals surface area contributed by atoms with E-state index in [4.69, 9.17) is 4.74 Å². The SMILES string of the molecule is Cc1csc(C(C)NC2CCOC2)n1. The first-order chi connectivity index (χ1) is 6.75. The monoisotopic (exact) mass is 212 g/mol. The second kappa shape index (κ2) is 4.38. The predicted octanol–water partition coefficient (Wildman–Crippen LogP) is 1.89. The molecular formula is C10H16N2OS. The van der Waals surface area contributed by atoms with Crippen LogP contribution in [0, 0.1) is 6.92 Å². The molecule has 0 bridgehead atoms. The van der Waals surface area contributed by atoms with E-state index >= 15 is 0 Å². The van der Waals surface area contributed by atoms with Crippen LogP contribution in [0.15, 0.2) is 5.38 Å². The van der Waals surface area contributed by atoms with E-state index in [2.05, 4.69) is 22.6 Å². The molecule has 0 saturated carbocycles. The molecule has 1 saturated heterocycles. The Hall–Kier alpha value is -0.450. The lowest BCUT2D eigenvalue weighted by atomic mass is 10.2.